The summed E-state index contributed by atoms with van der Waals surface area (Å²) in [4.78, 5) is 9.84. The van der Waals surface area contributed by atoms with Crippen molar-refractivity contribution in [2.24, 2.45) is 0 Å². The van der Waals surface area contributed by atoms with Crippen LogP contribution in [0.1, 0.15) is 5.56 Å². The molecule has 7 heteroatoms. The minimum absolute atomic E-state index is 0.135. The summed E-state index contributed by atoms with van der Waals surface area (Å²) in [5.74, 6) is -1.26. The molecule has 0 unspecified atom stereocenters. The molecule has 0 aromatic heterocycles. The first-order chi connectivity index (χ1) is 10.0. The number of methoxy groups -OCH3 is 1. The average Bonchev–Trinajstić information content (AvgIpc) is 2.46. The summed E-state index contributed by atoms with van der Waals surface area (Å²) in [6, 6.07) is 7.92. The lowest BCUT2D eigenvalue weighted by Gasteiger charge is -2.08. The second kappa shape index (κ2) is 6.17. The predicted octanol–water partition coefficient (Wildman–Crippen LogP) is 3.49. The monoisotopic (exact) mass is 294 g/mol. The molecule has 0 bridgehead atoms. The molecule has 0 radical (unpaired) electrons. The standard InChI is InChI=1S/C14H12F2N2O3/c1-21-14-5-2-9(6-12(14)16)8-17-10-3-4-11(15)13(7-10)18(19)20/h2-7,17H,8H2,1H3. The highest BCUT2D eigenvalue weighted by molar-refractivity contribution is 5.52. The maximum Gasteiger partial charge on any atom is 0.306 e. The Balaban J connectivity index is 2.11. The van der Waals surface area contributed by atoms with E-state index in [4.69, 9.17) is 4.74 Å². The Hall–Kier alpha value is -2.70. The summed E-state index contributed by atoms with van der Waals surface area (Å²) in [5, 5.41) is 13.5. The maximum atomic E-state index is 13.5. The van der Waals surface area contributed by atoms with Crippen molar-refractivity contribution in [1.29, 1.82) is 0 Å². The fourth-order valence-corrected chi connectivity index (χ4v) is 1.79. The summed E-state index contributed by atoms with van der Waals surface area (Å²) in [6.07, 6.45) is 0. The van der Waals surface area contributed by atoms with Gasteiger partial charge >= 0.3 is 5.69 Å². The van der Waals surface area contributed by atoms with E-state index in [9.17, 15) is 18.9 Å². The second-order valence-corrected chi connectivity index (χ2v) is 4.25. The third kappa shape index (κ3) is 3.44. The molecule has 0 spiro atoms. The molecule has 2 rings (SSSR count). The lowest BCUT2D eigenvalue weighted by Crippen LogP contribution is -2.02. The number of hydrogen-bond acceptors (Lipinski definition) is 4. The highest BCUT2D eigenvalue weighted by Gasteiger charge is 2.14. The molecule has 1 N–H and O–H groups in total. The van der Waals surface area contributed by atoms with Gasteiger partial charge in [-0.15, -0.1) is 0 Å². The molecular weight excluding hydrogens is 282 g/mol. The fraction of sp³-hybridized carbons (Fsp3) is 0.143. The van der Waals surface area contributed by atoms with Gasteiger partial charge in [0.1, 0.15) is 0 Å². The van der Waals surface area contributed by atoms with Crippen LogP contribution < -0.4 is 10.1 Å². The lowest BCUT2D eigenvalue weighted by molar-refractivity contribution is -0.387. The number of nitrogens with one attached hydrogen (secondary N) is 1. The molecule has 0 saturated heterocycles. The van der Waals surface area contributed by atoms with Gasteiger partial charge in [0.25, 0.3) is 0 Å². The van der Waals surface area contributed by atoms with Crippen LogP contribution in [-0.4, -0.2) is 12.0 Å². The zero-order chi connectivity index (χ0) is 15.4. The van der Waals surface area contributed by atoms with Crippen LogP contribution in [0.4, 0.5) is 20.2 Å². The molecule has 0 aliphatic rings. The van der Waals surface area contributed by atoms with Gasteiger partial charge in [0, 0.05) is 18.3 Å². The van der Waals surface area contributed by atoms with Gasteiger partial charge in [0.15, 0.2) is 11.6 Å². The van der Waals surface area contributed by atoms with Crippen molar-refractivity contribution in [2.75, 3.05) is 12.4 Å². The Bertz CT molecular complexity index is 677. The van der Waals surface area contributed by atoms with Crippen molar-refractivity contribution in [3.8, 4) is 5.75 Å². The highest BCUT2D eigenvalue weighted by Crippen LogP contribution is 2.23. The van der Waals surface area contributed by atoms with Crippen LogP contribution >= 0.6 is 0 Å². The van der Waals surface area contributed by atoms with Crippen LogP contribution in [0.5, 0.6) is 5.75 Å². The van der Waals surface area contributed by atoms with E-state index in [1.54, 1.807) is 6.07 Å². The van der Waals surface area contributed by atoms with E-state index in [-0.39, 0.29) is 12.3 Å². The molecule has 5 nitrogen and oxygen atoms in total. The van der Waals surface area contributed by atoms with Crippen molar-refractivity contribution in [3.05, 3.63) is 63.7 Å². The van der Waals surface area contributed by atoms with Crippen molar-refractivity contribution < 1.29 is 18.4 Å². The molecule has 0 aliphatic heterocycles. The molecule has 2 aromatic rings. The van der Waals surface area contributed by atoms with E-state index < -0.39 is 22.2 Å². The van der Waals surface area contributed by atoms with Crippen LogP contribution in [0.2, 0.25) is 0 Å². The minimum atomic E-state index is -0.902. The lowest BCUT2D eigenvalue weighted by atomic mass is 10.2. The third-order valence-electron chi connectivity index (χ3n) is 2.86. The van der Waals surface area contributed by atoms with Gasteiger partial charge in [-0.25, -0.2) is 4.39 Å². The minimum Gasteiger partial charge on any atom is -0.494 e. The van der Waals surface area contributed by atoms with Crippen molar-refractivity contribution >= 4 is 11.4 Å². The fourth-order valence-electron chi connectivity index (χ4n) is 1.79. The van der Waals surface area contributed by atoms with E-state index in [1.165, 1.54) is 25.3 Å². The quantitative estimate of drug-likeness (QED) is 0.677. The van der Waals surface area contributed by atoms with Crippen LogP contribution in [0.3, 0.4) is 0 Å². The summed E-state index contributed by atoms with van der Waals surface area (Å²) < 4.78 is 31.5. The van der Waals surface area contributed by atoms with Crippen molar-refractivity contribution in [3.63, 3.8) is 0 Å². The Labute approximate surface area is 119 Å². The molecule has 0 saturated carbocycles. The average molecular weight is 294 g/mol. The molecule has 110 valence electrons. The first kappa shape index (κ1) is 14.7. The third-order valence-corrected chi connectivity index (χ3v) is 2.86. The van der Waals surface area contributed by atoms with E-state index in [0.29, 0.717) is 11.3 Å². The Morgan fingerprint density at radius 1 is 1.19 bits per heavy atom. The zero-order valence-corrected chi connectivity index (χ0v) is 11.1. The number of ether oxygens (including phenoxy) is 1. The SMILES string of the molecule is COc1ccc(CNc2ccc(F)c([N+](=O)[O-])c2)cc1F. The first-order valence-electron chi connectivity index (χ1n) is 6.01. The van der Waals surface area contributed by atoms with Gasteiger partial charge < -0.3 is 10.1 Å². The van der Waals surface area contributed by atoms with Gasteiger partial charge in [-0.05, 0) is 29.8 Å². The first-order valence-corrected chi connectivity index (χ1v) is 6.01. The number of nitrogens with zero attached hydrogens (tertiary/aromatic N) is 1. The number of benzene rings is 2. The predicted molar refractivity (Wildman–Crippen MR) is 73.3 cm³/mol. The normalized spacial score (nSPS) is 10.2. The molecular formula is C14H12F2N2O3. The van der Waals surface area contributed by atoms with Crippen molar-refractivity contribution in [1.82, 2.24) is 0 Å². The van der Waals surface area contributed by atoms with Gasteiger partial charge in [-0.3, -0.25) is 10.1 Å². The van der Waals surface area contributed by atoms with Gasteiger partial charge in [0.05, 0.1) is 12.0 Å². The molecule has 0 fully saturated rings. The Kier molecular flexibility index (Phi) is 4.32. The molecule has 0 amide bonds. The summed E-state index contributed by atoms with van der Waals surface area (Å²) in [5.41, 5.74) is 0.389. The molecule has 0 heterocycles. The Morgan fingerprint density at radius 3 is 2.57 bits per heavy atom. The maximum absolute atomic E-state index is 13.5. The summed E-state index contributed by atoms with van der Waals surface area (Å²) in [7, 11) is 1.37. The van der Waals surface area contributed by atoms with Crippen LogP contribution in [-0.2, 0) is 6.54 Å². The topological polar surface area (TPSA) is 64.4 Å². The molecule has 2 aromatic carbocycles. The number of halogens is 2. The van der Waals surface area contributed by atoms with E-state index >= 15 is 0 Å². The highest BCUT2D eigenvalue weighted by atomic mass is 19.1. The van der Waals surface area contributed by atoms with E-state index in [1.807, 2.05) is 0 Å². The number of rotatable bonds is 5. The number of nitro benzene ring substituents is 1. The molecule has 21 heavy (non-hydrogen) atoms. The largest absolute Gasteiger partial charge is 0.494 e. The number of nitro groups is 1. The van der Waals surface area contributed by atoms with Gasteiger partial charge in [0.2, 0.25) is 5.82 Å². The number of anilines is 1. The Morgan fingerprint density at radius 2 is 1.95 bits per heavy atom. The molecule has 0 aliphatic carbocycles. The van der Waals surface area contributed by atoms with Crippen LogP contribution in [0.25, 0.3) is 0 Å². The molecule has 0 atom stereocenters. The summed E-state index contributed by atoms with van der Waals surface area (Å²) >= 11 is 0. The summed E-state index contributed by atoms with van der Waals surface area (Å²) in [6.45, 7) is 0.240. The van der Waals surface area contributed by atoms with E-state index in [2.05, 4.69) is 5.32 Å². The van der Waals surface area contributed by atoms with Gasteiger partial charge in [-0.1, -0.05) is 6.07 Å². The number of hydrogen-bond donors (Lipinski definition) is 1. The second-order valence-electron chi connectivity index (χ2n) is 4.25. The van der Waals surface area contributed by atoms with Crippen molar-refractivity contribution in [2.45, 2.75) is 6.54 Å². The van der Waals surface area contributed by atoms with E-state index in [0.717, 1.165) is 12.1 Å². The van der Waals surface area contributed by atoms with Crippen LogP contribution in [0, 0.1) is 21.7 Å². The van der Waals surface area contributed by atoms with Gasteiger partial charge in [-0.2, -0.15) is 4.39 Å². The smallest absolute Gasteiger partial charge is 0.306 e. The zero-order valence-electron chi connectivity index (χ0n) is 11.1. The van der Waals surface area contributed by atoms with Crippen LogP contribution in [0.15, 0.2) is 36.4 Å².